The number of hydrogen-bond acceptors (Lipinski definition) is 3. The molecule has 1 heterocycles. The maximum atomic E-state index is 12.5. The minimum Gasteiger partial charge on any atom is -0.491 e. The van der Waals surface area contributed by atoms with E-state index in [1.54, 1.807) is 0 Å². The third-order valence-electron chi connectivity index (χ3n) is 6.02. The molecule has 1 aromatic carbocycles. The van der Waals surface area contributed by atoms with Crippen LogP contribution in [0.1, 0.15) is 37.7 Å². The van der Waals surface area contributed by atoms with Crippen molar-refractivity contribution >= 4 is 11.8 Å². The third-order valence-corrected chi connectivity index (χ3v) is 6.02. The lowest BCUT2D eigenvalue weighted by atomic mass is 9.88. The minimum atomic E-state index is 0.0774. The van der Waals surface area contributed by atoms with Crippen molar-refractivity contribution in [2.45, 2.75) is 38.6 Å². The standard InChI is InChI=1S/C20H26N2O3/c23-19(22-9-10-25-18-4-2-1-3-16(18)13-22)7-8-21-20(24)17-12-14-5-6-15(17)11-14/h1-4,14-15,17H,5-13H2,(H,21,24)/t14-,15-,17+/m0/s1. The molecule has 0 aromatic heterocycles. The number of nitrogens with one attached hydrogen (secondary N) is 1. The second-order valence-corrected chi connectivity index (χ2v) is 7.59. The van der Waals surface area contributed by atoms with Crippen LogP contribution in [-0.2, 0) is 16.1 Å². The number of rotatable bonds is 4. The largest absolute Gasteiger partial charge is 0.491 e. The number of hydrogen-bond donors (Lipinski definition) is 1. The first-order valence-electron chi connectivity index (χ1n) is 9.47. The van der Waals surface area contributed by atoms with Crippen LogP contribution < -0.4 is 10.1 Å². The molecule has 1 aliphatic heterocycles. The van der Waals surface area contributed by atoms with E-state index in [9.17, 15) is 9.59 Å². The van der Waals surface area contributed by atoms with E-state index in [4.69, 9.17) is 4.74 Å². The molecule has 134 valence electrons. The van der Waals surface area contributed by atoms with Gasteiger partial charge in [-0.15, -0.1) is 0 Å². The zero-order valence-corrected chi connectivity index (χ0v) is 14.6. The average Bonchev–Trinajstić information content (AvgIpc) is 3.18. The Labute approximate surface area is 148 Å². The Bertz CT molecular complexity index is 660. The molecule has 0 spiro atoms. The Morgan fingerprint density at radius 3 is 2.88 bits per heavy atom. The van der Waals surface area contributed by atoms with Crippen LogP contribution in [0.15, 0.2) is 24.3 Å². The van der Waals surface area contributed by atoms with Crippen LogP contribution in [0.4, 0.5) is 0 Å². The normalized spacial score (nSPS) is 27.4. The maximum absolute atomic E-state index is 12.5. The Balaban J connectivity index is 1.26. The second-order valence-electron chi connectivity index (χ2n) is 7.59. The summed E-state index contributed by atoms with van der Waals surface area (Å²) in [5.74, 6) is 2.63. The number of para-hydroxylation sites is 1. The molecule has 5 heteroatoms. The molecule has 2 aliphatic carbocycles. The molecule has 3 aliphatic rings. The van der Waals surface area contributed by atoms with Crippen molar-refractivity contribution in [1.82, 2.24) is 10.2 Å². The molecule has 1 N–H and O–H groups in total. The summed E-state index contributed by atoms with van der Waals surface area (Å²) in [6.07, 6.45) is 5.13. The van der Waals surface area contributed by atoms with Gasteiger partial charge in [0.15, 0.2) is 0 Å². The molecule has 25 heavy (non-hydrogen) atoms. The lowest BCUT2D eigenvalue weighted by Crippen LogP contribution is -2.38. The molecule has 2 amide bonds. The number of carbonyl (C=O) groups excluding carboxylic acids is 2. The molecular weight excluding hydrogens is 316 g/mol. The van der Waals surface area contributed by atoms with Gasteiger partial charge in [-0.1, -0.05) is 24.6 Å². The number of ether oxygens (including phenoxy) is 1. The smallest absolute Gasteiger partial charge is 0.224 e. The number of fused-ring (bicyclic) bond motifs is 3. The fourth-order valence-electron chi connectivity index (χ4n) is 4.69. The molecule has 1 aromatic rings. The first-order valence-corrected chi connectivity index (χ1v) is 9.47. The summed E-state index contributed by atoms with van der Waals surface area (Å²) < 4.78 is 5.70. The monoisotopic (exact) mass is 342 g/mol. The van der Waals surface area contributed by atoms with E-state index in [1.165, 1.54) is 19.3 Å². The van der Waals surface area contributed by atoms with Gasteiger partial charge < -0.3 is 15.0 Å². The molecule has 5 nitrogen and oxygen atoms in total. The van der Waals surface area contributed by atoms with Gasteiger partial charge in [-0.3, -0.25) is 9.59 Å². The highest BCUT2D eigenvalue weighted by Gasteiger charge is 2.42. The molecule has 4 rings (SSSR count). The van der Waals surface area contributed by atoms with Crippen LogP contribution in [0.25, 0.3) is 0 Å². The first-order chi connectivity index (χ1) is 12.2. The van der Waals surface area contributed by atoms with Crippen LogP contribution >= 0.6 is 0 Å². The Kier molecular flexibility index (Phi) is 4.64. The molecule has 0 saturated heterocycles. The van der Waals surface area contributed by atoms with Gasteiger partial charge in [-0.2, -0.15) is 0 Å². The van der Waals surface area contributed by atoms with Gasteiger partial charge in [-0.05, 0) is 37.2 Å². The zero-order valence-electron chi connectivity index (χ0n) is 14.6. The SMILES string of the molecule is O=C(NCCC(=O)N1CCOc2ccccc2C1)[C@@H]1C[C@H]2CC[C@H]1C2. The van der Waals surface area contributed by atoms with Crippen molar-refractivity contribution < 1.29 is 14.3 Å². The van der Waals surface area contributed by atoms with E-state index in [2.05, 4.69) is 5.32 Å². The van der Waals surface area contributed by atoms with Crippen molar-refractivity contribution in [3.05, 3.63) is 29.8 Å². The molecular formula is C20H26N2O3. The van der Waals surface area contributed by atoms with Crippen LogP contribution in [0.2, 0.25) is 0 Å². The van der Waals surface area contributed by atoms with Crippen LogP contribution in [-0.4, -0.2) is 36.4 Å². The fourth-order valence-corrected chi connectivity index (χ4v) is 4.69. The highest BCUT2D eigenvalue weighted by molar-refractivity contribution is 5.81. The van der Waals surface area contributed by atoms with Gasteiger partial charge in [0.05, 0.1) is 6.54 Å². The predicted octanol–water partition coefficient (Wildman–Crippen LogP) is 2.35. The van der Waals surface area contributed by atoms with Crippen molar-refractivity contribution in [2.24, 2.45) is 17.8 Å². The highest BCUT2D eigenvalue weighted by atomic mass is 16.5. The summed E-state index contributed by atoms with van der Waals surface area (Å²) in [7, 11) is 0. The van der Waals surface area contributed by atoms with E-state index < -0.39 is 0 Å². The number of nitrogens with zero attached hydrogens (tertiary/aromatic N) is 1. The summed E-state index contributed by atoms with van der Waals surface area (Å²) >= 11 is 0. The first kappa shape index (κ1) is 16.4. The quantitative estimate of drug-likeness (QED) is 0.914. The molecule has 2 bridgehead atoms. The Hall–Kier alpha value is -2.04. The lowest BCUT2D eigenvalue weighted by molar-refractivity contribution is -0.132. The van der Waals surface area contributed by atoms with E-state index in [0.29, 0.717) is 38.6 Å². The average molecular weight is 342 g/mol. The molecule has 2 saturated carbocycles. The van der Waals surface area contributed by atoms with Gasteiger partial charge >= 0.3 is 0 Å². The summed E-state index contributed by atoms with van der Waals surface area (Å²) in [5, 5.41) is 3.00. The van der Waals surface area contributed by atoms with Crippen molar-refractivity contribution in [2.75, 3.05) is 19.7 Å². The molecule has 2 fully saturated rings. The van der Waals surface area contributed by atoms with Gasteiger partial charge in [0.25, 0.3) is 0 Å². The van der Waals surface area contributed by atoms with E-state index >= 15 is 0 Å². The van der Waals surface area contributed by atoms with Gasteiger partial charge in [0.1, 0.15) is 12.4 Å². The number of carbonyl (C=O) groups is 2. The zero-order chi connectivity index (χ0) is 17.2. The van der Waals surface area contributed by atoms with E-state index in [0.717, 1.165) is 23.7 Å². The summed E-state index contributed by atoms with van der Waals surface area (Å²) in [4.78, 5) is 26.7. The summed E-state index contributed by atoms with van der Waals surface area (Å²) in [6.45, 7) is 2.12. The fraction of sp³-hybridized carbons (Fsp3) is 0.600. The highest BCUT2D eigenvalue weighted by Crippen LogP contribution is 2.48. The second kappa shape index (κ2) is 7.06. The van der Waals surface area contributed by atoms with Crippen LogP contribution in [0, 0.1) is 17.8 Å². The predicted molar refractivity (Wildman–Crippen MR) is 93.9 cm³/mol. The van der Waals surface area contributed by atoms with Crippen LogP contribution in [0.3, 0.4) is 0 Å². The van der Waals surface area contributed by atoms with E-state index in [-0.39, 0.29) is 17.7 Å². The lowest BCUT2D eigenvalue weighted by Gasteiger charge is -2.22. The maximum Gasteiger partial charge on any atom is 0.224 e. The van der Waals surface area contributed by atoms with Gasteiger partial charge in [0.2, 0.25) is 11.8 Å². The minimum absolute atomic E-state index is 0.0774. The summed E-state index contributed by atoms with van der Waals surface area (Å²) in [5.41, 5.74) is 1.04. The Morgan fingerprint density at radius 1 is 1.20 bits per heavy atom. The van der Waals surface area contributed by atoms with E-state index in [1.807, 2.05) is 29.2 Å². The number of amides is 2. The molecule has 0 unspecified atom stereocenters. The summed E-state index contributed by atoms with van der Waals surface area (Å²) in [6, 6.07) is 7.85. The van der Waals surface area contributed by atoms with Gasteiger partial charge in [-0.25, -0.2) is 0 Å². The molecule has 0 radical (unpaired) electrons. The molecule has 3 atom stereocenters. The van der Waals surface area contributed by atoms with Crippen molar-refractivity contribution in [3.63, 3.8) is 0 Å². The topological polar surface area (TPSA) is 58.6 Å². The van der Waals surface area contributed by atoms with Crippen molar-refractivity contribution in [1.29, 1.82) is 0 Å². The number of benzene rings is 1. The van der Waals surface area contributed by atoms with Crippen molar-refractivity contribution in [3.8, 4) is 5.75 Å². The van der Waals surface area contributed by atoms with Gasteiger partial charge in [0, 0.05) is 31.0 Å². The third kappa shape index (κ3) is 3.51. The van der Waals surface area contributed by atoms with Crippen LogP contribution in [0.5, 0.6) is 5.75 Å². The Morgan fingerprint density at radius 2 is 2.08 bits per heavy atom.